The number of hydrogen-bond donors (Lipinski definition) is 1. The fraction of sp³-hybridized carbons (Fsp3) is 0.680. The lowest BCUT2D eigenvalue weighted by Crippen LogP contribution is -2.47. The molecule has 168 valence electrons. The summed E-state index contributed by atoms with van der Waals surface area (Å²) < 4.78 is 5.77. The first-order chi connectivity index (χ1) is 13.9. The molecule has 2 amide bonds. The first-order valence-electron chi connectivity index (χ1n) is 11.2. The van der Waals surface area contributed by atoms with Crippen molar-refractivity contribution < 1.29 is 14.3 Å². The number of nitrogens with zero attached hydrogens (tertiary/aromatic N) is 1. The van der Waals surface area contributed by atoms with Gasteiger partial charge >= 0.3 is 0 Å². The second-order valence-corrected chi connectivity index (χ2v) is 10.7. The summed E-state index contributed by atoms with van der Waals surface area (Å²) in [5, 5.41) is 3.12. The van der Waals surface area contributed by atoms with E-state index < -0.39 is 0 Å². The van der Waals surface area contributed by atoms with Crippen LogP contribution in [0.1, 0.15) is 79.2 Å². The summed E-state index contributed by atoms with van der Waals surface area (Å²) in [5.41, 5.74) is 1.42. The van der Waals surface area contributed by atoms with Gasteiger partial charge < -0.3 is 15.0 Å². The van der Waals surface area contributed by atoms with Gasteiger partial charge in [0.05, 0.1) is 6.61 Å². The van der Waals surface area contributed by atoms with Gasteiger partial charge in [0.15, 0.2) is 0 Å². The molecule has 1 N–H and O–H groups in total. The maximum absolute atomic E-state index is 12.3. The molecule has 2 rings (SSSR count). The fourth-order valence-corrected chi connectivity index (χ4v) is 3.61. The van der Waals surface area contributed by atoms with Gasteiger partial charge in [0.2, 0.25) is 11.8 Å². The molecular weight excluding hydrogens is 376 g/mol. The van der Waals surface area contributed by atoms with Gasteiger partial charge in [-0.25, -0.2) is 0 Å². The molecule has 1 fully saturated rings. The molecule has 0 aliphatic carbocycles. The van der Waals surface area contributed by atoms with Crippen LogP contribution in [0, 0.1) is 5.41 Å². The summed E-state index contributed by atoms with van der Waals surface area (Å²) in [4.78, 5) is 26.5. The highest BCUT2D eigenvalue weighted by Gasteiger charge is 2.26. The highest BCUT2D eigenvalue weighted by molar-refractivity contribution is 5.77. The summed E-state index contributed by atoms with van der Waals surface area (Å²) in [5.74, 6) is 1.14. The van der Waals surface area contributed by atoms with Crippen LogP contribution in [0.25, 0.3) is 0 Å². The minimum absolute atomic E-state index is 0.0127. The van der Waals surface area contributed by atoms with Crippen molar-refractivity contribution in [1.82, 2.24) is 10.2 Å². The Morgan fingerprint density at radius 2 is 1.63 bits per heavy atom. The number of amides is 2. The number of rotatable bonds is 7. The molecule has 0 atom stereocenters. The lowest BCUT2D eigenvalue weighted by atomic mass is 9.87. The molecule has 1 aliphatic heterocycles. The molecule has 0 aromatic heterocycles. The van der Waals surface area contributed by atoms with Crippen LogP contribution < -0.4 is 10.1 Å². The number of benzene rings is 1. The topological polar surface area (TPSA) is 58.6 Å². The second-order valence-electron chi connectivity index (χ2n) is 10.7. The number of ether oxygens (including phenoxy) is 1. The smallest absolute Gasteiger partial charge is 0.223 e. The molecule has 0 bridgehead atoms. The van der Waals surface area contributed by atoms with Gasteiger partial charge in [-0.3, -0.25) is 9.59 Å². The van der Waals surface area contributed by atoms with Crippen molar-refractivity contribution in [3.05, 3.63) is 29.8 Å². The highest BCUT2D eigenvalue weighted by atomic mass is 16.5. The number of piperidine rings is 1. The first kappa shape index (κ1) is 24.2. The third-order valence-electron chi connectivity index (χ3n) is 5.43. The monoisotopic (exact) mass is 416 g/mol. The normalized spacial score (nSPS) is 15.7. The molecule has 30 heavy (non-hydrogen) atoms. The van der Waals surface area contributed by atoms with Crippen LogP contribution in [-0.4, -0.2) is 42.5 Å². The fourth-order valence-electron chi connectivity index (χ4n) is 3.61. The molecule has 0 saturated carbocycles. The number of carbonyl (C=O) groups is 2. The van der Waals surface area contributed by atoms with Crippen LogP contribution in [-0.2, 0) is 15.0 Å². The van der Waals surface area contributed by atoms with Crippen molar-refractivity contribution in [2.24, 2.45) is 5.41 Å². The molecule has 5 heteroatoms. The summed E-state index contributed by atoms with van der Waals surface area (Å²) in [6.45, 7) is 14.8. The van der Waals surface area contributed by atoms with Gasteiger partial charge in [0.25, 0.3) is 0 Å². The van der Waals surface area contributed by atoms with Crippen molar-refractivity contribution in [2.75, 3.05) is 19.7 Å². The van der Waals surface area contributed by atoms with E-state index in [1.165, 1.54) is 5.56 Å². The van der Waals surface area contributed by atoms with E-state index in [2.05, 4.69) is 59.0 Å². The lowest BCUT2D eigenvalue weighted by Gasteiger charge is -2.34. The molecule has 5 nitrogen and oxygen atoms in total. The van der Waals surface area contributed by atoms with Crippen LogP contribution in [0.5, 0.6) is 5.75 Å². The van der Waals surface area contributed by atoms with Gasteiger partial charge in [-0.05, 0) is 47.8 Å². The Morgan fingerprint density at radius 1 is 1.03 bits per heavy atom. The van der Waals surface area contributed by atoms with E-state index in [0.717, 1.165) is 31.7 Å². The third kappa shape index (κ3) is 8.37. The Bertz CT molecular complexity index is 691. The molecule has 0 unspecified atom stereocenters. The summed E-state index contributed by atoms with van der Waals surface area (Å²) in [6, 6.07) is 8.36. The highest BCUT2D eigenvalue weighted by Crippen LogP contribution is 2.24. The van der Waals surface area contributed by atoms with Crippen LogP contribution in [0.15, 0.2) is 24.3 Å². The number of hydrogen-bond acceptors (Lipinski definition) is 3. The SMILES string of the molecule is CC(C)(C)CC(=O)N1CCC(NC(=O)CCCOc2ccc(C(C)(C)C)cc2)CC1. The number of likely N-dealkylation sites (tertiary alicyclic amines) is 1. The van der Waals surface area contributed by atoms with Crippen molar-refractivity contribution >= 4 is 11.8 Å². The molecule has 0 radical (unpaired) electrons. The zero-order chi connectivity index (χ0) is 22.4. The Balaban J connectivity index is 1.62. The molecule has 1 aromatic carbocycles. The average molecular weight is 417 g/mol. The summed E-state index contributed by atoms with van der Waals surface area (Å²) in [6.07, 6.45) is 3.39. The molecule has 0 spiro atoms. The predicted octanol–water partition coefficient (Wildman–Crippen LogP) is 4.69. The van der Waals surface area contributed by atoms with E-state index in [9.17, 15) is 9.59 Å². The predicted molar refractivity (Wildman–Crippen MR) is 122 cm³/mol. The van der Waals surface area contributed by atoms with Gasteiger partial charge in [-0.1, -0.05) is 53.7 Å². The van der Waals surface area contributed by atoms with Crippen molar-refractivity contribution in [2.45, 2.75) is 85.1 Å². The van der Waals surface area contributed by atoms with E-state index in [4.69, 9.17) is 4.74 Å². The zero-order valence-electron chi connectivity index (χ0n) is 19.7. The Labute approximate surface area is 182 Å². The van der Waals surface area contributed by atoms with Gasteiger partial charge in [0.1, 0.15) is 5.75 Å². The number of nitrogens with one attached hydrogen (secondary N) is 1. The van der Waals surface area contributed by atoms with E-state index in [0.29, 0.717) is 25.9 Å². The largest absolute Gasteiger partial charge is 0.494 e. The van der Waals surface area contributed by atoms with Gasteiger partial charge in [0, 0.05) is 32.0 Å². The van der Waals surface area contributed by atoms with Crippen LogP contribution in [0.4, 0.5) is 0 Å². The van der Waals surface area contributed by atoms with E-state index >= 15 is 0 Å². The van der Waals surface area contributed by atoms with Crippen molar-refractivity contribution in [1.29, 1.82) is 0 Å². The molecule has 1 saturated heterocycles. The second kappa shape index (κ2) is 10.3. The minimum atomic E-state index is 0.0127. The van der Waals surface area contributed by atoms with Gasteiger partial charge in [-0.2, -0.15) is 0 Å². The van der Waals surface area contributed by atoms with E-state index in [-0.39, 0.29) is 28.7 Å². The quantitative estimate of drug-likeness (QED) is 0.656. The van der Waals surface area contributed by atoms with Gasteiger partial charge in [-0.15, -0.1) is 0 Å². The Kier molecular flexibility index (Phi) is 8.34. The minimum Gasteiger partial charge on any atom is -0.494 e. The van der Waals surface area contributed by atoms with Crippen molar-refractivity contribution in [3.63, 3.8) is 0 Å². The summed E-state index contributed by atoms with van der Waals surface area (Å²) in [7, 11) is 0. The molecule has 1 aliphatic rings. The summed E-state index contributed by atoms with van der Waals surface area (Å²) >= 11 is 0. The maximum Gasteiger partial charge on any atom is 0.223 e. The van der Waals surface area contributed by atoms with E-state index in [1.807, 2.05) is 17.0 Å². The zero-order valence-corrected chi connectivity index (χ0v) is 19.7. The standard InChI is InChI=1S/C25H40N2O3/c1-24(2,3)18-23(29)27-15-13-20(14-16-27)26-22(28)8-7-17-30-21-11-9-19(10-12-21)25(4,5)6/h9-12,20H,7-8,13-18H2,1-6H3,(H,26,28). The van der Waals surface area contributed by atoms with Crippen LogP contribution in [0.2, 0.25) is 0 Å². The van der Waals surface area contributed by atoms with Crippen molar-refractivity contribution in [3.8, 4) is 5.75 Å². The first-order valence-corrected chi connectivity index (χ1v) is 11.2. The molecule has 1 heterocycles. The Morgan fingerprint density at radius 3 is 2.17 bits per heavy atom. The number of carbonyl (C=O) groups excluding carboxylic acids is 2. The molecular formula is C25H40N2O3. The Hall–Kier alpha value is -2.04. The third-order valence-corrected chi connectivity index (χ3v) is 5.43. The maximum atomic E-state index is 12.3. The lowest BCUT2D eigenvalue weighted by molar-refractivity contribution is -0.134. The molecule has 1 aromatic rings. The van der Waals surface area contributed by atoms with Crippen LogP contribution >= 0.6 is 0 Å². The van der Waals surface area contributed by atoms with E-state index in [1.54, 1.807) is 0 Å². The van der Waals surface area contributed by atoms with Crippen LogP contribution in [0.3, 0.4) is 0 Å². The average Bonchev–Trinajstić information content (AvgIpc) is 2.64.